The number of halogens is 2. The number of carbonyl (C=O) groups excluding carboxylic acids is 1. The molecule has 2 aromatic heterocycles. The quantitative estimate of drug-likeness (QED) is 0.421. The summed E-state index contributed by atoms with van der Waals surface area (Å²) in [6, 6.07) is 13.2. The Bertz CT molecular complexity index is 1280. The van der Waals surface area contributed by atoms with E-state index in [0.29, 0.717) is 37.0 Å². The van der Waals surface area contributed by atoms with E-state index < -0.39 is 0 Å². The highest BCUT2D eigenvalue weighted by Crippen LogP contribution is 2.33. The van der Waals surface area contributed by atoms with E-state index >= 15 is 0 Å². The summed E-state index contributed by atoms with van der Waals surface area (Å²) in [4.78, 5) is 21.4. The molecule has 2 aromatic carbocycles. The van der Waals surface area contributed by atoms with Gasteiger partial charge in [0.05, 0.1) is 16.1 Å². The Morgan fingerprint density at radius 3 is 2.48 bits per heavy atom. The third-order valence-corrected chi connectivity index (χ3v) is 6.99. The number of rotatable bonds is 5. The molecule has 5 rings (SSSR count). The van der Waals surface area contributed by atoms with E-state index in [-0.39, 0.29) is 18.3 Å². The SMILES string of the molecule is Cc1nn(-c2ccc(F)cc2)c2nc(N3CCN(C(=O)COc4ccc(Cl)cc4)CC3)sc12. The molecular weight excluding hydrogens is 465 g/mol. The minimum atomic E-state index is -0.288. The van der Waals surface area contributed by atoms with Crippen molar-refractivity contribution in [1.82, 2.24) is 19.7 Å². The lowest BCUT2D eigenvalue weighted by atomic mass is 10.3. The van der Waals surface area contributed by atoms with Crippen LogP contribution in [0.4, 0.5) is 9.52 Å². The predicted molar refractivity (Wildman–Crippen MR) is 127 cm³/mol. The van der Waals surface area contributed by atoms with Gasteiger partial charge in [0.1, 0.15) is 11.6 Å². The maximum Gasteiger partial charge on any atom is 0.260 e. The molecular formula is C23H21ClFN5O2S. The predicted octanol–water partition coefficient (Wildman–Crippen LogP) is 4.31. The number of aryl methyl sites for hydroxylation is 1. The monoisotopic (exact) mass is 485 g/mol. The van der Waals surface area contributed by atoms with Crippen LogP contribution in [0.5, 0.6) is 5.75 Å². The molecule has 0 atom stereocenters. The molecule has 1 amide bonds. The maximum absolute atomic E-state index is 13.3. The van der Waals surface area contributed by atoms with Crippen molar-refractivity contribution in [3.63, 3.8) is 0 Å². The van der Waals surface area contributed by atoms with Crippen molar-refractivity contribution in [2.75, 3.05) is 37.7 Å². The van der Waals surface area contributed by atoms with Crippen LogP contribution in [0.2, 0.25) is 5.02 Å². The van der Waals surface area contributed by atoms with Gasteiger partial charge in [-0.2, -0.15) is 10.1 Å². The van der Waals surface area contributed by atoms with Gasteiger partial charge >= 0.3 is 0 Å². The molecule has 0 spiro atoms. The Hall–Kier alpha value is -3.17. The number of carbonyl (C=O) groups is 1. The lowest BCUT2D eigenvalue weighted by molar-refractivity contribution is -0.133. The van der Waals surface area contributed by atoms with Crippen LogP contribution in [0.15, 0.2) is 48.5 Å². The molecule has 7 nitrogen and oxygen atoms in total. The standard InChI is InChI=1S/C23H21ClFN5O2S/c1-15-21-22(30(27-15)18-6-4-17(25)5-7-18)26-23(33-21)29-12-10-28(11-13-29)20(31)14-32-19-8-2-16(24)3-9-19/h2-9H,10-14H2,1H3. The molecule has 1 saturated heterocycles. The highest BCUT2D eigenvalue weighted by molar-refractivity contribution is 7.22. The van der Waals surface area contributed by atoms with Crippen molar-refractivity contribution in [3.8, 4) is 11.4 Å². The zero-order chi connectivity index (χ0) is 22.9. The van der Waals surface area contributed by atoms with E-state index in [1.54, 1.807) is 52.4 Å². The van der Waals surface area contributed by atoms with Crippen molar-refractivity contribution < 1.29 is 13.9 Å². The lowest BCUT2D eigenvalue weighted by Crippen LogP contribution is -2.50. The van der Waals surface area contributed by atoms with E-state index in [9.17, 15) is 9.18 Å². The molecule has 1 aliphatic rings. The second-order valence-corrected chi connectivity index (χ2v) is 9.15. The van der Waals surface area contributed by atoms with E-state index in [1.165, 1.54) is 12.1 Å². The van der Waals surface area contributed by atoms with Gasteiger partial charge in [-0.3, -0.25) is 4.79 Å². The summed E-state index contributed by atoms with van der Waals surface area (Å²) in [5.41, 5.74) is 2.41. The van der Waals surface area contributed by atoms with Crippen molar-refractivity contribution in [3.05, 3.63) is 65.1 Å². The van der Waals surface area contributed by atoms with Gasteiger partial charge in [-0.15, -0.1) is 0 Å². The summed E-state index contributed by atoms with van der Waals surface area (Å²) in [5.74, 6) is 0.284. The number of nitrogens with zero attached hydrogens (tertiary/aromatic N) is 5. The van der Waals surface area contributed by atoms with Gasteiger partial charge in [-0.05, 0) is 55.5 Å². The molecule has 170 valence electrons. The van der Waals surface area contributed by atoms with E-state index in [4.69, 9.17) is 21.3 Å². The lowest BCUT2D eigenvalue weighted by Gasteiger charge is -2.34. The van der Waals surface area contributed by atoms with E-state index in [1.807, 2.05) is 11.8 Å². The van der Waals surface area contributed by atoms with Gasteiger partial charge in [0.15, 0.2) is 17.4 Å². The molecule has 1 aliphatic heterocycles. The Morgan fingerprint density at radius 1 is 1.09 bits per heavy atom. The van der Waals surface area contributed by atoms with Crippen molar-refractivity contribution >= 4 is 44.3 Å². The first-order chi connectivity index (χ1) is 16.0. The largest absolute Gasteiger partial charge is 0.484 e. The van der Waals surface area contributed by atoms with E-state index in [0.717, 1.165) is 26.9 Å². The summed E-state index contributed by atoms with van der Waals surface area (Å²) in [7, 11) is 0. The van der Waals surface area contributed by atoms with Gasteiger partial charge in [0.25, 0.3) is 5.91 Å². The van der Waals surface area contributed by atoms with Crippen LogP contribution in [0.1, 0.15) is 5.69 Å². The number of fused-ring (bicyclic) bond motifs is 1. The summed E-state index contributed by atoms with van der Waals surface area (Å²) < 4.78 is 21.7. The summed E-state index contributed by atoms with van der Waals surface area (Å²) in [5, 5.41) is 6.09. The Kier molecular flexibility index (Phi) is 5.90. The molecule has 33 heavy (non-hydrogen) atoms. The molecule has 0 aliphatic carbocycles. The fourth-order valence-corrected chi connectivity index (χ4v) is 4.90. The number of hydrogen-bond donors (Lipinski definition) is 0. The summed E-state index contributed by atoms with van der Waals surface area (Å²) in [6.45, 7) is 4.51. The van der Waals surface area contributed by atoms with Crippen LogP contribution in [0.3, 0.4) is 0 Å². The number of benzene rings is 2. The van der Waals surface area contributed by atoms with Crippen LogP contribution in [0, 0.1) is 12.7 Å². The summed E-state index contributed by atoms with van der Waals surface area (Å²) >= 11 is 7.46. The van der Waals surface area contributed by atoms with Crippen LogP contribution in [0.25, 0.3) is 16.0 Å². The number of hydrogen-bond acceptors (Lipinski definition) is 6. The molecule has 1 fully saturated rings. The first-order valence-corrected chi connectivity index (χ1v) is 11.7. The molecule has 4 aromatic rings. The topological polar surface area (TPSA) is 63.5 Å². The average Bonchev–Trinajstić information content (AvgIpc) is 3.40. The second-order valence-electron chi connectivity index (χ2n) is 7.73. The van der Waals surface area contributed by atoms with Crippen molar-refractivity contribution in [2.24, 2.45) is 0 Å². The third-order valence-electron chi connectivity index (χ3n) is 5.53. The zero-order valence-electron chi connectivity index (χ0n) is 17.9. The summed E-state index contributed by atoms with van der Waals surface area (Å²) in [6.07, 6.45) is 0. The second kappa shape index (κ2) is 8.99. The van der Waals surface area contributed by atoms with Gasteiger partial charge < -0.3 is 14.5 Å². The molecule has 0 unspecified atom stereocenters. The molecule has 10 heteroatoms. The molecule has 0 bridgehead atoms. The van der Waals surface area contributed by atoms with Crippen LogP contribution in [-0.4, -0.2) is 58.4 Å². The number of ether oxygens (including phenoxy) is 1. The highest BCUT2D eigenvalue weighted by Gasteiger charge is 2.25. The van der Waals surface area contributed by atoms with Crippen molar-refractivity contribution in [2.45, 2.75) is 6.92 Å². The highest BCUT2D eigenvalue weighted by atomic mass is 35.5. The number of anilines is 1. The van der Waals surface area contributed by atoms with Crippen LogP contribution >= 0.6 is 22.9 Å². The van der Waals surface area contributed by atoms with Crippen LogP contribution < -0.4 is 9.64 Å². The van der Waals surface area contributed by atoms with E-state index in [2.05, 4.69) is 10.00 Å². The number of aromatic nitrogens is 3. The normalized spacial score (nSPS) is 14.2. The van der Waals surface area contributed by atoms with Gasteiger partial charge in [-0.25, -0.2) is 9.07 Å². The smallest absolute Gasteiger partial charge is 0.260 e. The zero-order valence-corrected chi connectivity index (χ0v) is 19.4. The number of amides is 1. The molecule has 0 radical (unpaired) electrons. The molecule has 0 saturated carbocycles. The minimum Gasteiger partial charge on any atom is -0.484 e. The van der Waals surface area contributed by atoms with Crippen molar-refractivity contribution in [1.29, 1.82) is 0 Å². The fourth-order valence-electron chi connectivity index (χ4n) is 3.73. The first-order valence-electron chi connectivity index (χ1n) is 10.5. The van der Waals surface area contributed by atoms with Gasteiger partial charge in [-0.1, -0.05) is 22.9 Å². The van der Waals surface area contributed by atoms with Gasteiger partial charge in [0, 0.05) is 31.2 Å². The Labute approximate surface area is 199 Å². The fraction of sp³-hybridized carbons (Fsp3) is 0.261. The number of piperazine rings is 1. The minimum absolute atomic E-state index is 0.00449. The van der Waals surface area contributed by atoms with Gasteiger partial charge in [0.2, 0.25) is 0 Å². The average molecular weight is 486 g/mol. The molecule has 3 heterocycles. The first kappa shape index (κ1) is 21.7. The Morgan fingerprint density at radius 2 is 1.79 bits per heavy atom. The maximum atomic E-state index is 13.3. The Balaban J connectivity index is 1.24. The van der Waals surface area contributed by atoms with Crippen LogP contribution in [-0.2, 0) is 4.79 Å². The molecule has 0 N–H and O–H groups in total. The third kappa shape index (κ3) is 4.51. The number of thiazole rings is 1.